The van der Waals surface area contributed by atoms with Crippen molar-refractivity contribution in [3.8, 4) is 0 Å². The fourth-order valence-corrected chi connectivity index (χ4v) is 3.47. The van der Waals surface area contributed by atoms with Crippen molar-refractivity contribution in [2.45, 2.75) is 0 Å². The van der Waals surface area contributed by atoms with E-state index in [2.05, 4.69) is 10.1 Å². The Bertz CT molecular complexity index is 1060. The Morgan fingerprint density at radius 1 is 1.15 bits per heavy atom. The number of anilines is 1. The van der Waals surface area contributed by atoms with Gasteiger partial charge in [0.1, 0.15) is 5.76 Å². The van der Waals surface area contributed by atoms with Crippen LogP contribution in [0.2, 0.25) is 5.02 Å². The van der Waals surface area contributed by atoms with E-state index in [1.54, 1.807) is 42.7 Å². The molecule has 2 heterocycles. The van der Waals surface area contributed by atoms with E-state index in [0.29, 0.717) is 21.5 Å². The van der Waals surface area contributed by atoms with Crippen molar-refractivity contribution in [1.29, 1.82) is 0 Å². The van der Waals surface area contributed by atoms with Crippen molar-refractivity contribution < 1.29 is 9.21 Å². The van der Waals surface area contributed by atoms with Crippen molar-refractivity contribution >= 4 is 50.4 Å². The molecule has 0 aliphatic heterocycles. The molecule has 2 aromatic heterocycles. The minimum atomic E-state index is -0.325. The van der Waals surface area contributed by atoms with Crippen molar-refractivity contribution in [3.63, 3.8) is 0 Å². The number of fused-ring (bicyclic) bond motifs is 1. The predicted octanol–water partition coefficient (Wildman–Crippen LogP) is 5.22. The first-order valence-electron chi connectivity index (χ1n) is 7.74. The normalized spacial score (nSPS) is 11.3. The fourth-order valence-electron chi connectivity index (χ4n) is 2.36. The van der Waals surface area contributed by atoms with Crippen LogP contribution < -0.4 is 5.01 Å². The molecule has 0 aliphatic carbocycles. The second-order valence-corrected chi connectivity index (χ2v) is 6.80. The third-order valence-corrected chi connectivity index (χ3v) is 4.82. The number of para-hydroxylation sites is 1. The first-order valence-corrected chi connectivity index (χ1v) is 8.93. The zero-order valence-corrected chi connectivity index (χ0v) is 14.9. The second-order valence-electron chi connectivity index (χ2n) is 5.35. The van der Waals surface area contributed by atoms with Gasteiger partial charge in [0.2, 0.25) is 5.13 Å². The predicted molar refractivity (Wildman–Crippen MR) is 104 cm³/mol. The number of aromatic nitrogens is 1. The lowest BCUT2D eigenvalue weighted by atomic mass is 10.2. The Morgan fingerprint density at radius 3 is 2.81 bits per heavy atom. The van der Waals surface area contributed by atoms with Crippen molar-refractivity contribution in [2.75, 3.05) is 5.01 Å². The maximum Gasteiger partial charge on any atom is 0.280 e. The number of carbonyl (C=O) groups excluding carboxylic acids is 1. The van der Waals surface area contributed by atoms with E-state index in [1.807, 2.05) is 24.3 Å². The van der Waals surface area contributed by atoms with Gasteiger partial charge in [0.25, 0.3) is 5.91 Å². The van der Waals surface area contributed by atoms with E-state index in [-0.39, 0.29) is 5.91 Å². The highest BCUT2D eigenvalue weighted by molar-refractivity contribution is 7.22. The lowest BCUT2D eigenvalue weighted by Crippen LogP contribution is -2.25. The van der Waals surface area contributed by atoms with Crippen LogP contribution in [0.4, 0.5) is 5.13 Å². The molecule has 2 aromatic carbocycles. The summed E-state index contributed by atoms with van der Waals surface area (Å²) in [5.74, 6) is 0.212. The van der Waals surface area contributed by atoms with Crippen molar-refractivity contribution in [1.82, 2.24) is 4.98 Å². The largest absolute Gasteiger partial charge is 0.463 e. The monoisotopic (exact) mass is 381 g/mol. The van der Waals surface area contributed by atoms with Gasteiger partial charge in [-0.15, -0.1) is 0 Å². The van der Waals surface area contributed by atoms with Gasteiger partial charge in [-0.25, -0.2) is 4.98 Å². The van der Waals surface area contributed by atoms with Crippen LogP contribution in [0.1, 0.15) is 16.1 Å². The van der Waals surface area contributed by atoms with Gasteiger partial charge in [-0.3, -0.25) is 4.79 Å². The Balaban J connectivity index is 1.76. The molecular formula is C19H12ClN3O2S. The molecule has 1 amide bonds. The number of nitrogens with zero attached hydrogens (tertiary/aromatic N) is 3. The Kier molecular flexibility index (Phi) is 4.51. The lowest BCUT2D eigenvalue weighted by Gasteiger charge is -2.13. The summed E-state index contributed by atoms with van der Waals surface area (Å²) in [6.45, 7) is 0. The van der Waals surface area contributed by atoms with E-state index >= 15 is 0 Å². The molecule has 0 aliphatic rings. The number of hydrazone groups is 1. The first kappa shape index (κ1) is 16.5. The number of hydrogen-bond donors (Lipinski definition) is 0. The zero-order chi connectivity index (χ0) is 17.9. The van der Waals surface area contributed by atoms with Gasteiger partial charge in [-0.1, -0.05) is 41.1 Å². The van der Waals surface area contributed by atoms with Gasteiger partial charge < -0.3 is 4.42 Å². The van der Waals surface area contributed by atoms with Crippen LogP contribution in [0.3, 0.4) is 0 Å². The topological polar surface area (TPSA) is 58.7 Å². The smallest absolute Gasteiger partial charge is 0.280 e. The molecule has 0 saturated heterocycles. The van der Waals surface area contributed by atoms with E-state index in [1.165, 1.54) is 22.6 Å². The van der Waals surface area contributed by atoms with Crippen LogP contribution in [-0.4, -0.2) is 17.1 Å². The lowest BCUT2D eigenvalue weighted by molar-refractivity contribution is 0.0988. The Hall–Kier alpha value is -2.96. The molecule has 4 aromatic rings. The number of hydrogen-bond acceptors (Lipinski definition) is 5. The van der Waals surface area contributed by atoms with Gasteiger partial charge in [0.15, 0.2) is 0 Å². The van der Waals surface area contributed by atoms with Crippen LogP contribution in [-0.2, 0) is 0 Å². The molecule has 0 unspecified atom stereocenters. The molecule has 0 atom stereocenters. The van der Waals surface area contributed by atoms with E-state index in [0.717, 1.165) is 10.2 Å². The number of benzene rings is 2. The van der Waals surface area contributed by atoms with Crippen molar-refractivity contribution in [2.24, 2.45) is 5.10 Å². The Labute approximate surface area is 158 Å². The Morgan fingerprint density at radius 2 is 2.04 bits per heavy atom. The highest BCUT2D eigenvalue weighted by Crippen LogP contribution is 2.30. The van der Waals surface area contributed by atoms with Gasteiger partial charge in [0.05, 0.1) is 22.7 Å². The molecule has 0 N–H and O–H groups in total. The molecule has 0 radical (unpaired) electrons. The van der Waals surface area contributed by atoms with Gasteiger partial charge in [0, 0.05) is 10.6 Å². The zero-order valence-electron chi connectivity index (χ0n) is 13.4. The molecule has 0 saturated carbocycles. The highest BCUT2D eigenvalue weighted by atomic mass is 35.5. The first-order chi connectivity index (χ1) is 12.7. The number of furan rings is 1. The number of thiazole rings is 1. The van der Waals surface area contributed by atoms with E-state index in [4.69, 9.17) is 16.0 Å². The molecule has 0 spiro atoms. The van der Waals surface area contributed by atoms with E-state index < -0.39 is 0 Å². The third kappa shape index (κ3) is 3.37. The van der Waals surface area contributed by atoms with Crippen LogP contribution in [0.25, 0.3) is 10.2 Å². The second kappa shape index (κ2) is 7.11. The summed E-state index contributed by atoms with van der Waals surface area (Å²) >= 11 is 7.41. The molecule has 0 fully saturated rings. The summed E-state index contributed by atoms with van der Waals surface area (Å²) in [4.78, 5) is 17.6. The maximum absolute atomic E-state index is 13.0. The van der Waals surface area contributed by atoms with Crippen LogP contribution in [0.15, 0.2) is 76.4 Å². The maximum atomic E-state index is 13.0. The fraction of sp³-hybridized carbons (Fsp3) is 0. The SMILES string of the molecule is O=C(c1cccc(Cl)c1)N(/N=C/c1ccco1)c1nc2ccccc2s1. The molecule has 128 valence electrons. The minimum Gasteiger partial charge on any atom is -0.463 e. The molecule has 7 heteroatoms. The number of carbonyl (C=O) groups is 1. The summed E-state index contributed by atoms with van der Waals surface area (Å²) in [6, 6.07) is 17.9. The van der Waals surface area contributed by atoms with Crippen molar-refractivity contribution in [3.05, 3.63) is 83.3 Å². The van der Waals surface area contributed by atoms with Gasteiger partial charge >= 0.3 is 0 Å². The van der Waals surface area contributed by atoms with Crippen LogP contribution in [0, 0.1) is 0 Å². The summed E-state index contributed by atoms with van der Waals surface area (Å²) in [6.07, 6.45) is 3.02. The summed E-state index contributed by atoms with van der Waals surface area (Å²) < 4.78 is 6.23. The molecule has 26 heavy (non-hydrogen) atoms. The summed E-state index contributed by atoms with van der Waals surface area (Å²) in [5, 5.41) is 6.52. The van der Waals surface area contributed by atoms with Crippen LogP contribution >= 0.6 is 22.9 Å². The van der Waals surface area contributed by atoms with Crippen LogP contribution in [0.5, 0.6) is 0 Å². The molecule has 4 rings (SSSR count). The quantitative estimate of drug-likeness (QED) is 0.359. The molecule has 0 bridgehead atoms. The number of rotatable bonds is 4. The summed E-state index contributed by atoms with van der Waals surface area (Å²) in [5.41, 5.74) is 1.23. The third-order valence-electron chi connectivity index (χ3n) is 3.57. The average molecular weight is 382 g/mol. The number of halogens is 1. The summed E-state index contributed by atoms with van der Waals surface area (Å²) in [7, 11) is 0. The van der Waals surface area contributed by atoms with E-state index in [9.17, 15) is 4.79 Å². The number of amides is 1. The molecular weight excluding hydrogens is 370 g/mol. The average Bonchev–Trinajstić information content (AvgIpc) is 3.31. The minimum absolute atomic E-state index is 0.325. The standard InChI is InChI=1S/C19H12ClN3O2S/c20-14-6-3-5-13(11-14)18(24)23(21-12-15-7-4-10-25-15)19-22-16-8-1-2-9-17(16)26-19/h1-12H/b21-12+. The van der Waals surface area contributed by atoms with Gasteiger partial charge in [-0.2, -0.15) is 10.1 Å². The molecule has 5 nitrogen and oxygen atoms in total. The van der Waals surface area contributed by atoms with Gasteiger partial charge in [-0.05, 0) is 42.5 Å². The highest BCUT2D eigenvalue weighted by Gasteiger charge is 2.21.